The van der Waals surface area contributed by atoms with Crippen molar-refractivity contribution in [3.8, 4) is 0 Å². The van der Waals surface area contributed by atoms with Crippen LogP contribution in [-0.4, -0.2) is 30.2 Å². The lowest BCUT2D eigenvalue weighted by Gasteiger charge is -2.12. The second-order valence-corrected chi connectivity index (χ2v) is 4.62. The molecule has 5 heteroatoms. The Balaban J connectivity index is 3.62. The summed E-state index contributed by atoms with van der Waals surface area (Å²) in [6.45, 7) is 6.88. The molecule has 0 aliphatic heterocycles. The lowest BCUT2D eigenvalue weighted by Crippen LogP contribution is -2.40. The Morgan fingerprint density at radius 3 is 2.35 bits per heavy atom. The Morgan fingerprint density at radius 1 is 1.24 bits per heavy atom. The number of carbonyl (C=O) groups excluding carboxylic acids is 1. The highest BCUT2D eigenvalue weighted by Gasteiger charge is 2.15. The molecule has 3 N–H and O–H groups in total. The Morgan fingerprint density at radius 2 is 1.88 bits per heavy atom. The number of carboxylic acid groups (broad SMARTS) is 1. The molecule has 1 atom stereocenters. The van der Waals surface area contributed by atoms with Crippen molar-refractivity contribution in [1.82, 2.24) is 10.6 Å². The molecule has 2 amide bonds. The molecular formula is C12H24N2O3. The van der Waals surface area contributed by atoms with E-state index in [0.717, 1.165) is 12.8 Å². The average molecular weight is 244 g/mol. The minimum absolute atomic E-state index is 0.182. The van der Waals surface area contributed by atoms with E-state index in [1.165, 1.54) is 0 Å². The molecular weight excluding hydrogens is 220 g/mol. The fourth-order valence-corrected chi connectivity index (χ4v) is 1.40. The number of carbonyl (C=O) groups is 2. The van der Waals surface area contributed by atoms with Crippen LogP contribution in [0.25, 0.3) is 0 Å². The first-order valence-electron chi connectivity index (χ1n) is 6.21. The summed E-state index contributed by atoms with van der Waals surface area (Å²) in [7, 11) is 0. The van der Waals surface area contributed by atoms with Crippen LogP contribution in [-0.2, 0) is 4.79 Å². The van der Waals surface area contributed by atoms with Crippen LogP contribution in [0.1, 0.15) is 40.0 Å². The summed E-state index contributed by atoms with van der Waals surface area (Å²) in [6.07, 6.45) is 2.54. The van der Waals surface area contributed by atoms with Gasteiger partial charge in [0.2, 0.25) is 0 Å². The Hall–Kier alpha value is -1.26. The number of amides is 2. The van der Waals surface area contributed by atoms with Gasteiger partial charge >= 0.3 is 12.0 Å². The van der Waals surface area contributed by atoms with Gasteiger partial charge in [-0.15, -0.1) is 0 Å². The van der Waals surface area contributed by atoms with Crippen LogP contribution in [0.15, 0.2) is 0 Å². The van der Waals surface area contributed by atoms with Crippen molar-refractivity contribution in [2.24, 2.45) is 11.8 Å². The smallest absolute Gasteiger partial charge is 0.314 e. The molecule has 0 aromatic rings. The molecule has 5 nitrogen and oxygen atoms in total. The topological polar surface area (TPSA) is 78.4 Å². The second kappa shape index (κ2) is 8.84. The van der Waals surface area contributed by atoms with Crippen molar-refractivity contribution < 1.29 is 14.7 Å². The lowest BCUT2D eigenvalue weighted by atomic mass is 10.1. The summed E-state index contributed by atoms with van der Waals surface area (Å²) in [5.74, 6) is -0.736. The largest absolute Gasteiger partial charge is 0.481 e. The standard InChI is InChI=1S/C12H24N2O3/c1-4-10(11(15)16)8-14-12(17)13-7-5-6-9(2)3/h9-10H,4-8H2,1-3H3,(H,15,16)(H2,13,14,17). The van der Waals surface area contributed by atoms with E-state index in [1.807, 2.05) is 0 Å². The van der Waals surface area contributed by atoms with Gasteiger partial charge in [0.1, 0.15) is 0 Å². The molecule has 0 aromatic carbocycles. The van der Waals surface area contributed by atoms with E-state index >= 15 is 0 Å². The molecule has 17 heavy (non-hydrogen) atoms. The van der Waals surface area contributed by atoms with E-state index in [0.29, 0.717) is 18.9 Å². The van der Waals surface area contributed by atoms with Gasteiger partial charge in [0.05, 0.1) is 5.92 Å². The molecule has 0 aliphatic rings. The van der Waals surface area contributed by atoms with Gasteiger partial charge in [-0.3, -0.25) is 4.79 Å². The fraction of sp³-hybridized carbons (Fsp3) is 0.833. The number of rotatable bonds is 8. The minimum atomic E-state index is -0.868. The predicted molar refractivity (Wildman–Crippen MR) is 66.9 cm³/mol. The normalized spacial score (nSPS) is 12.2. The summed E-state index contributed by atoms with van der Waals surface area (Å²) in [5, 5.41) is 14.1. The number of aliphatic carboxylic acids is 1. The number of hydrogen-bond acceptors (Lipinski definition) is 2. The molecule has 0 bridgehead atoms. The molecule has 0 radical (unpaired) electrons. The summed E-state index contributed by atoms with van der Waals surface area (Å²) >= 11 is 0. The summed E-state index contributed by atoms with van der Waals surface area (Å²) < 4.78 is 0. The molecule has 0 saturated carbocycles. The minimum Gasteiger partial charge on any atom is -0.481 e. The molecule has 0 fully saturated rings. The van der Waals surface area contributed by atoms with Gasteiger partial charge in [-0.2, -0.15) is 0 Å². The van der Waals surface area contributed by atoms with E-state index in [4.69, 9.17) is 5.11 Å². The van der Waals surface area contributed by atoms with Crippen molar-refractivity contribution in [1.29, 1.82) is 0 Å². The monoisotopic (exact) mass is 244 g/mol. The highest BCUT2D eigenvalue weighted by molar-refractivity contribution is 5.75. The van der Waals surface area contributed by atoms with Crippen LogP contribution in [0, 0.1) is 11.8 Å². The third kappa shape index (κ3) is 8.54. The van der Waals surface area contributed by atoms with Crippen LogP contribution in [0.3, 0.4) is 0 Å². The molecule has 0 aliphatic carbocycles. The van der Waals surface area contributed by atoms with Crippen LogP contribution in [0.5, 0.6) is 0 Å². The number of nitrogens with one attached hydrogen (secondary N) is 2. The van der Waals surface area contributed by atoms with E-state index < -0.39 is 11.9 Å². The molecule has 0 aromatic heterocycles. The van der Waals surface area contributed by atoms with E-state index in [2.05, 4.69) is 24.5 Å². The lowest BCUT2D eigenvalue weighted by molar-refractivity contribution is -0.141. The second-order valence-electron chi connectivity index (χ2n) is 4.62. The summed E-state index contributed by atoms with van der Waals surface area (Å²) in [6, 6.07) is -0.284. The first kappa shape index (κ1) is 15.7. The Kier molecular flexibility index (Phi) is 8.19. The molecule has 100 valence electrons. The molecule has 0 saturated heterocycles. The maximum absolute atomic E-state index is 11.3. The van der Waals surface area contributed by atoms with Gasteiger partial charge in [-0.1, -0.05) is 20.8 Å². The van der Waals surface area contributed by atoms with E-state index in [9.17, 15) is 9.59 Å². The average Bonchev–Trinajstić information content (AvgIpc) is 2.24. The van der Waals surface area contributed by atoms with Gasteiger partial charge in [-0.25, -0.2) is 4.79 Å². The highest BCUT2D eigenvalue weighted by Crippen LogP contribution is 2.02. The van der Waals surface area contributed by atoms with E-state index in [1.54, 1.807) is 6.92 Å². The summed E-state index contributed by atoms with van der Waals surface area (Å²) in [5.41, 5.74) is 0. The molecule has 0 spiro atoms. The van der Waals surface area contributed by atoms with Crippen molar-refractivity contribution in [3.63, 3.8) is 0 Å². The van der Waals surface area contributed by atoms with Crippen LogP contribution in [0.2, 0.25) is 0 Å². The van der Waals surface area contributed by atoms with Crippen LogP contribution >= 0.6 is 0 Å². The van der Waals surface area contributed by atoms with Crippen LogP contribution in [0.4, 0.5) is 4.79 Å². The first-order chi connectivity index (χ1) is 7.97. The van der Waals surface area contributed by atoms with Crippen molar-refractivity contribution in [2.75, 3.05) is 13.1 Å². The summed E-state index contributed by atoms with van der Waals surface area (Å²) in [4.78, 5) is 22.0. The molecule has 0 heterocycles. The zero-order valence-electron chi connectivity index (χ0n) is 11.0. The van der Waals surface area contributed by atoms with Gasteiger partial charge in [-0.05, 0) is 25.2 Å². The first-order valence-corrected chi connectivity index (χ1v) is 6.21. The molecule has 1 unspecified atom stereocenters. The van der Waals surface area contributed by atoms with Gasteiger partial charge in [0, 0.05) is 13.1 Å². The molecule has 0 rings (SSSR count). The van der Waals surface area contributed by atoms with Gasteiger partial charge in [0.15, 0.2) is 0 Å². The number of hydrogen-bond donors (Lipinski definition) is 3. The Labute approximate surface area is 103 Å². The van der Waals surface area contributed by atoms with E-state index in [-0.39, 0.29) is 12.6 Å². The maximum atomic E-state index is 11.3. The number of carboxylic acids is 1. The third-order valence-electron chi connectivity index (χ3n) is 2.59. The van der Waals surface area contributed by atoms with Gasteiger partial charge < -0.3 is 15.7 Å². The maximum Gasteiger partial charge on any atom is 0.314 e. The zero-order chi connectivity index (χ0) is 13.3. The van der Waals surface area contributed by atoms with Crippen molar-refractivity contribution >= 4 is 12.0 Å². The SMILES string of the molecule is CCC(CNC(=O)NCCCC(C)C)C(=O)O. The number of urea groups is 1. The van der Waals surface area contributed by atoms with Crippen molar-refractivity contribution in [3.05, 3.63) is 0 Å². The van der Waals surface area contributed by atoms with Crippen LogP contribution < -0.4 is 10.6 Å². The van der Waals surface area contributed by atoms with Gasteiger partial charge in [0.25, 0.3) is 0 Å². The van der Waals surface area contributed by atoms with Crippen molar-refractivity contribution in [2.45, 2.75) is 40.0 Å². The quantitative estimate of drug-likeness (QED) is 0.570. The Bertz CT molecular complexity index is 242. The zero-order valence-corrected chi connectivity index (χ0v) is 11.0. The fourth-order valence-electron chi connectivity index (χ4n) is 1.40. The third-order valence-corrected chi connectivity index (χ3v) is 2.59. The highest BCUT2D eigenvalue weighted by atomic mass is 16.4. The predicted octanol–water partition coefficient (Wildman–Crippen LogP) is 1.83.